The molecule has 0 saturated heterocycles. The van der Waals surface area contributed by atoms with Gasteiger partial charge in [-0.1, -0.05) is 65.7 Å². The van der Waals surface area contributed by atoms with Gasteiger partial charge >= 0.3 is 0 Å². The SMILES string of the molecule is CC.CC.CC.Cn1ccc2cc(C(=O)N(Cc3[c-]cccc3)c3ccc[n-]3)ccc21.[Y]. The van der Waals surface area contributed by atoms with Crippen LogP contribution in [0.4, 0.5) is 5.82 Å². The Morgan fingerprint density at radius 3 is 2.28 bits per heavy atom. The quantitative estimate of drug-likeness (QED) is 0.284. The van der Waals surface area contributed by atoms with Crippen molar-refractivity contribution in [3.63, 3.8) is 0 Å². The summed E-state index contributed by atoms with van der Waals surface area (Å²) in [4.78, 5) is 19.2. The molecule has 32 heavy (non-hydrogen) atoms. The summed E-state index contributed by atoms with van der Waals surface area (Å²) in [7, 11) is 2.00. The Labute approximate surface area is 218 Å². The summed E-state index contributed by atoms with van der Waals surface area (Å²) < 4.78 is 2.04. The van der Waals surface area contributed by atoms with E-state index in [2.05, 4.69) is 11.1 Å². The fourth-order valence-electron chi connectivity index (χ4n) is 2.98. The molecule has 0 aliphatic rings. The molecular formula is C27H35N3OY-2. The second kappa shape index (κ2) is 16.5. The van der Waals surface area contributed by atoms with Crippen molar-refractivity contribution in [1.29, 1.82) is 0 Å². The number of rotatable bonds is 4. The number of nitrogens with zero attached hydrogens (tertiary/aromatic N) is 3. The van der Waals surface area contributed by atoms with Gasteiger partial charge in [-0.25, -0.2) is 0 Å². The van der Waals surface area contributed by atoms with Crippen LogP contribution in [0.25, 0.3) is 10.9 Å². The van der Waals surface area contributed by atoms with Gasteiger partial charge in [-0.15, -0.1) is 0 Å². The number of benzene rings is 2. The zero-order chi connectivity index (χ0) is 23.2. The average molecular weight is 507 g/mol. The van der Waals surface area contributed by atoms with E-state index >= 15 is 0 Å². The Bertz CT molecular complexity index is 1010. The Kier molecular flexibility index (Phi) is 15.4. The first-order valence-electron chi connectivity index (χ1n) is 11.1. The first-order chi connectivity index (χ1) is 15.2. The number of aryl methyl sites for hydroxylation is 1. The number of aromatic nitrogens is 2. The molecule has 0 atom stereocenters. The van der Waals surface area contributed by atoms with Gasteiger partial charge in [-0.3, -0.25) is 4.79 Å². The summed E-state index contributed by atoms with van der Waals surface area (Å²) in [6, 6.07) is 22.3. The van der Waals surface area contributed by atoms with E-state index in [4.69, 9.17) is 0 Å². The van der Waals surface area contributed by atoms with Gasteiger partial charge in [0.05, 0.1) is 0 Å². The van der Waals surface area contributed by atoms with Crippen molar-refractivity contribution >= 4 is 22.6 Å². The molecule has 0 aliphatic carbocycles. The van der Waals surface area contributed by atoms with Crippen LogP contribution in [0.15, 0.2) is 73.1 Å². The van der Waals surface area contributed by atoms with Crippen molar-refractivity contribution in [3.8, 4) is 0 Å². The summed E-state index contributed by atoms with van der Waals surface area (Å²) in [5.41, 5.74) is 2.70. The number of anilines is 1. The van der Waals surface area contributed by atoms with Crippen molar-refractivity contribution in [2.45, 2.75) is 48.1 Å². The monoisotopic (exact) mass is 506 g/mol. The van der Waals surface area contributed by atoms with Gasteiger partial charge in [-0.2, -0.15) is 35.9 Å². The van der Waals surface area contributed by atoms with Gasteiger partial charge in [0.15, 0.2) is 5.91 Å². The number of carbonyl (C=O) groups is 1. The molecule has 0 unspecified atom stereocenters. The van der Waals surface area contributed by atoms with Crippen LogP contribution in [0, 0.1) is 6.07 Å². The second-order valence-corrected chi connectivity index (χ2v) is 5.97. The molecule has 4 aromatic rings. The summed E-state index contributed by atoms with van der Waals surface area (Å²) in [5.74, 6) is 0.581. The maximum absolute atomic E-state index is 13.2. The van der Waals surface area contributed by atoms with Gasteiger partial charge in [0, 0.05) is 62.4 Å². The maximum Gasteiger partial charge on any atom is 0.178 e. The van der Waals surface area contributed by atoms with Crippen LogP contribution in [0.5, 0.6) is 0 Å². The third-order valence-corrected chi connectivity index (χ3v) is 4.29. The van der Waals surface area contributed by atoms with Crippen molar-refractivity contribution < 1.29 is 37.5 Å². The predicted octanol–water partition coefficient (Wildman–Crippen LogP) is 6.86. The third-order valence-electron chi connectivity index (χ3n) is 4.29. The topological polar surface area (TPSA) is 39.3 Å². The minimum Gasteiger partial charge on any atom is -0.442 e. The van der Waals surface area contributed by atoms with E-state index in [0.29, 0.717) is 17.9 Å². The van der Waals surface area contributed by atoms with E-state index in [9.17, 15) is 4.79 Å². The largest absolute Gasteiger partial charge is 0.442 e. The standard InChI is InChI=1S/C21H17N3O.3C2H6.Y/c1-23-13-11-17-14-18(9-10-19(17)23)21(25)24(20-8-5-12-22-20)15-16-6-3-2-4-7-16;3*1-2;/h2-6,8-14H,15H2,1H3;3*1-2H3;/q-2;;;;. The van der Waals surface area contributed by atoms with Gasteiger partial charge in [0.1, 0.15) is 0 Å². The molecule has 2 aromatic heterocycles. The van der Waals surface area contributed by atoms with Crippen molar-refractivity contribution in [3.05, 3.63) is 90.3 Å². The molecule has 5 heteroatoms. The molecule has 2 heterocycles. The number of fused-ring (bicyclic) bond motifs is 1. The number of hydrogen-bond donors (Lipinski definition) is 0. The van der Waals surface area contributed by atoms with Crippen LogP contribution in [0.2, 0.25) is 0 Å². The third kappa shape index (κ3) is 7.76. The first kappa shape index (κ1) is 29.8. The van der Waals surface area contributed by atoms with Crippen LogP contribution in [0.3, 0.4) is 0 Å². The molecule has 169 valence electrons. The minimum absolute atomic E-state index is 0. The minimum atomic E-state index is -0.0679. The Morgan fingerprint density at radius 2 is 1.69 bits per heavy atom. The van der Waals surface area contributed by atoms with Gasteiger partial charge in [0.2, 0.25) is 0 Å². The summed E-state index contributed by atoms with van der Waals surface area (Å²) >= 11 is 0. The normalized spacial score (nSPS) is 9.09. The average Bonchev–Trinajstić information content (AvgIpc) is 3.52. The van der Waals surface area contributed by atoms with E-state index in [1.165, 1.54) is 0 Å². The second-order valence-electron chi connectivity index (χ2n) is 5.97. The molecule has 1 amide bonds. The number of amides is 1. The van der Waals surface area contributed by atoms with Crippen LogP contribution in [-0.4, -0.2) is 10.5 Å². The number of carbonyl (C=O) groups excluding carboxylic acids is 1. The molecule has 0 bridgehead atoms. The Hall–Kier alpha value is -2.17. The van der Waals surface area contributed by atoms with Crippen molar-refractivity contribution in [2.75, 3.05) is 4.90 Å². The molecule has 0 saturated carbocycles. The van der Waals surface area contributed by atoms with Crippen molar-refractivity contribution in [2.24, 2.45) is 7.05 Å². The fraction of sp³-hybridized carbons (Fsp3) is 0.296. The van der Waals surface area contributed by atoms with Gasteiger partial charge in [0.25, 0.3) is 0 Å². The fourth-order valence-corrected chi connectivity index (χ4v) is 2.98. The maximum atomic E-state index is 13.2. The molecule has 0 spiro atoms. The van der Waals surface area contributed by atoms with E-state index in [0.717, 1.165) is 16.5 Å². The summed E-state index contributed by atoms with van der Waals surface area (Å²) in [6.45, 7) is 12.4. The molecule has 1 radical (unpaired) electrons. The van der Waals surface area contributed by atoms with E-state index in [1.54, 1.807) is 11.1 Å². The molecule has 4 nitrogen and oxygen atoms in total. The van der Waals surface area contributed by atoms with Crippen molar-refractivity contribution in [1.82, 2.24) is 9.55 Å². The number of hydrogen-bond acceptors (Lipinski definition) is 1. The molecule has 2 aromatic carbocycles. The van der Waals surface area contributed by atoms with Crippen LogP contribution in [0.1, 0.15) is 57.5 Å². The zero-order valence-corrected chi connectivity index (χ0v) is 23.3. The van der Waals surface area contributed by atoms with E-state index in [1.807, 2.05) is 120 Å². The Morgan fingerprint density at radius 1 is 0.969 bits per heavy atom. The zero-order valence-electron chi connectivity index (χ0n) is 20.5. The summed E-state index contributed by atoms with van der Waals surface area (Å²) in [5, 5.41) is 1.05. The van der Waals surface area contributed by atoms with Crippen LogP contribution < -0.4 is 9.88 Å². The molecular weight excluding hydrogens is 471 g/mol. The van der Waals surface area contributed by atoms with Crippen LogP contribution >= 0.6 is 0 Å². The van der Waals surface area contributed by atoms with Gasteiger partial charge < -0.3 is 14.5 Å². The smallest absolute Gasteiger partial charge is 0.178 e. The predicted molar refractivity (Wildman–Crippen MR) is 133 cm³/mol. The van der Waals surface area contributed by atoms with Gasteiger partial charge in [-0.05, 0) is 30.8 Å². The van der Waals surface area contributed by atoms with E-state index < -0.39 is 0 Å². The van der Waals surface area contributed by atoms with E-state index in [-0.39, 0.29) is 38.6 Å². The van der Waals surface area contributed by atoms with Crippen LogP contribution in [-0.2, 0) is 46.3 Å². The molecule has 4 rings (SSSR count). The molecule has 0 aliphatic heterocycles. The molecule has 0 N–H and O–H groups in total. The first-order valence-corrected chi connectivity index (χ1v) is 11.1. The molecule has 0 fully saturated rings. The summed E-state index contributed by atoms with van der Waals surface area (Å²) in [6.07, 6.45) is 3.69. The Balaban J connectivity index is 0.00000127.